The Morgan fingerprint density at radius 2 is 0.833 bits per heavy atom. The summed E-state index contributed by atoms with van der Waals surface area (Å²) in [5.74, 6) is 0. The lowest BCUT2D eigenvalue weighted by atomic mass is 9.89. The minimum atomic E-state index is 1.11. The average Bonchev–Trinajstić information content (AvgIpc) is 3.58. The summed E-state index contributed by atoms with van der Waals surface area (Å²) in [6, 6.07) is 78.9. The fourth-order valence-electron chi connectivity index (χ4n) is 8.07. The van der Waals surface area contributed by atoms with Gasteiger partial charge in [0.1, 0.15) is 0 Å². The first-order valence-corrected chi connectivity index (χ1v) is 18.5. The first kappa shape index (κ1) is 31.6. The summed E-state index contributed by atoms with van der Waals surface area (Å²) in [5.41, 5.74) is 14.1. The molecule has 0 bridgehead atoms. The second-order valence-corrected chi connectivity index (χ2v) is 13.8. The van der Waals surface area contributed by atoms with E-state index in [-0.39, 0.29) is 0 Å². The van der Waals surface area contributed by atoms with Crippen LogP contribution >= 0.6 is 0 Å². The van der Waals surface area contributed by atoms with E-state index >= 15 is 0 Å². The molecule has 10 rings (SSSR count). The Bertz CT molecular complexity index is 2860. The molecule has 2 nitrogen and oxygen atoms in total. The second kappa shape index (κ2) is 13.4. The Hall–Kier alpha value is -7.16. The second-order valence-electron chi connectivity index (χ2n) is 13.8. The molecule has 0 unspecified atom stereocenters. The van der Waals surface area contributed by atoms with E-state index in [1.807, 2.05) is 0 Å². The van der Waals surface area contributed by atoms with Gasteiger partial charge < -0.3 is 9.47 Å². The van der Waals surface area contributed by atoms with Gasteiger partial charge in [0.15, 0.2) is 0 Å². The standard InChI is InChI=1S/C52H36N2/c1-4-17-41(18-5-1)53(42-19-6-2-7-20-42)44-31-27-38(28-32-44)49-35-39(46-25-14-16-37-15-10-11-23-45(37)46)29-33-47(49)40-30-34-52-50(36-40)48-24-12-13-26-51(48)54(52)43-21-8-3-9-22-43/h1-36H. The van der Waals surface area contributed by atoms with Gasteiger partial charge in [-0.15, -0.1) is 0 Å². The number of para-hydroxylation sites is 4. The summed E-state index contributed by atoms with van der Waals surface area (Å²) in [6.07, 6.45) is 0. The minimum absolute atomic E-state index is 1.11. The average molecular weight is 689 g/mol. The molecule has 0 spiro atoms. The largest absolute Gasteiger partial charge is 0.311 e. The maximum atomic E-state index is 2.38. The molecule has 1 aromatic heterocycles. The Balaban J connectivity index is 1.16. The van der Waals surface area contributed by atoms with Crippen LogP contribution in [0.2, 0.25) is 0 Å². The van der Waals surface area contributed by atoms with Gasteiger partial charge in [0, 0.05) is 33.5 Å². The Morgan fingerprint density at radius 3 is 1.57 bits per heavy atom. The third kappa shape index (κ3) is 5.53. The van der Waals surface area contributed by atoms with Crippen molar-refractivity contribution in [3.63, 3.8) is 0 Å². The van der Waals surface area contributed by atoms with Gasteiger partial charge in [-0.05, 0) is 117 Å². The van der Waals surface area contributed by atoms with E-state index in [4.69, 9.17) is 0 Å². The molecule has 0 saturated heterocycles. The highest BCUT2D eigenvalue weighted by Gasteiger charge is 2.17. The molecule has 0 aliphatic heterocycles. The third-order valence-corrected chi connectivity index (χ3v) is 10.6. The van der Waals surface area contributed by atoms with Crippen molar-refractivity contribution in [2.75, 3.05) is 4.90 Å². The van der Waals surface area contributed by atoms with E-state index in [2.05, 4.69) is 228 Å². The minimum Gasteiger partial charge on any atom is -0.311 e. The van der Waals surface area contributed by atoms with Crippen molar-refractivity contribution in [3.05, 3.63) is 218 Å². The molecule has 254 valence electrons. The molecule has 0 fully saturated rings. The van der Waals surface area contributed by atoms with Crippen LogP contribution in [-0.2, 0) is 0 Å². The highest BCUT2D eigenvalue weighted by atomic mass is 15.1. The molecule has 1 heterocycles. The van der Waals surface area contributed by atoms with Crippen LogP contribution in [-0.4, -0.2) is 4.57 Å². The molecule has 0 N–H and O–H groups in total. The van der Waals surface area contributed by atoms with Gasteiger partial charge in [-0.3, -0.25) is 0 Å². The number of benzene rings is 9. The van der Waals surface area contributed by atoms with Crippen LogP contribution in [0.4, 0.5) is 17.1 Å². The van der Waals surface area contributed by atoms with Crippen LogP contribution in [0.15, 0.2) is 218 Å². The number of hydrogen-bond donors (Lipinski definition) is 0. The summed E-state index contributed by atoms with van der Waals surface area (Å²) in [5, 5.41) is 4.99. The van der Waals surface area contributed by atoms with E-state index in [0.717, 1.165) is 22.7 Å². The predicted molar refractivity (Wildman–Crippen MR) is 229 cm³/mol. The van der Waals surface area contributed by atoms with Gasteiger partial charge >= 0.3 is 0 Å². The lowest BCUT2D eigenvalue weighted by Crippen LogP contribution is -2.09. The summed E-state index contributed by atoms with van der Waals surface area (Å²) >= 11 is 0. The molecular formula is C52H36N2. The maximum absolute atomic E-state index is 2.38. The van der Waals surface area contributed by atoms with Crippen molar-refractivity contribution < 1.29 is 0 Å². The monoisotopic (exact) mass is 688 g/mol. The van der Waals surface area contributed by atoms with Crippen LogP contribution in [0.5, 0.6) is 0 Å². The van der Waals surface area contributed by atoms with Crippen molar-refractivity contribution in [2.24, 2.45) is 0 Å². The van der Waals surface area contributed by atoms with E-state index in [0.29, 0.717) is 0 Å². The smallest absolute Gasteiger partial charge is 0.0541 e. The van der Waals surface area contributed by atoms with Crippen LogP contribution in [0.3, 0.4) is 0 Å². The summed E-state index contributed by atoms with van der Waals surface area (Å²) in [7, 11) is 0. The molecule has 0 aliphatic rings. The molecule has 0 radical (unpaired) electrons. The summed E-state index contributed by atoms with van der Waals surface area (Å²) in [4.78, 5) is 2.31. The van der Waals surface area contributed by atoms with Crippen LogP contribution in [0, 0.1) is 0 Å². The van der Waals surface area contributed by atoms with Gasteiger partial charge in [-0.1, -0.05) is 146 Å². The van der Waals surface area contributed by atoms with Gasteiger partial charge in [-0.2, -0.15) is 0 Å². The van der Waals surface area contributed by atoms with Crippen LogP contribution in [0.25, 0.3) is 71.6 Å². The van der Waals surface area contributed by atoms with E-state index in [1.165, 1.54) is 66.0 Å². The normalized spacial score (nSPS) is 11.3. The molecule has 0 amide bonds. The number of rotatable bonds is 7. The Labute approximate surface area is 315 Å². The zero-order chi connectivity index (χ0) is 35.8. The first-order valence-electron chi connectivity index (χ1n) is 18.5. The lowest BCUT2D eigenvalue weighted by Gasteiger charge is -2.25. The van der Waals surface area contributed by atoms with Crippen molar-refractivity contribution in [2.45, 2.75) is 0 Å². The molecule has 0 atom stereocenters. The number of aromatic nitrogens is 1. The molecular weight excluding hydrogens is 653 g/mol. The quantitative estimate of drug-likeness (QED) is 0.162. The lowest BCUT2D eigenvalue weighted by molar-refractivity contribution is 1.18. The van der Waals surface area contributed by atoms with Crippen molar-refractivity contribution >= 4 is 49.6 Å². The molecule has 54 heavy (non-hydrogen) atoms. The molecule has 0 saturated carbocycles. The molecule has 9 aromatic carbocycles. The zero-order valence-electron chi connectivity index (χ0n) is 29.7. The maximum Gasteiger partial charge on any atom is 0.0541 e. The molecule has 2 heteroatoms. The van der Waals surface area contributed by atoms with Gasteiger partial charge in [0.05, 0.1) is 11.0 Å². The highest BCUT2D eigenvalue weighted by Crippen LogP contribution is 2.42. The number of anilines is 3. The van der Waals surface area contributed by atoms with Gasteiger partial charge in [-0.25, -0.2) is 0 Å². The highest BCUT2D eigenvalue weighted by molar-refractivity contribution is 6.11. The van der Waals surface area contributed by atoms with Gasteiger partial charge in [0.25, 0.3) is 0 Å². The fraction of sp³-hybridized carbons (Fsp3) is 0. The van der Waals surface area contributed by atoms with Crippen molar-refractivity contribution in [1.29, 1.82) is 0 Å². The van der Waals surface area contributed by atoms with Crippen molar-refractivity contribution in [3.8, 4) is 39.1 Å². The zero-order valence-corrected chi connectivity index (χ0v) is 29.7. The Morgan fingerprint density at radius 1 is 0.296 bits per heavy atom. The van der Waals surface area contributed by atoms with Crippen LogP contribution in [0.1, 0.15) is 0 Å². The number of nitrogens with zero attached hydrogens (tertiary/aromatic N) is 2. The molecule has 0 aliphatic carbocycles. The number of fused-ring (bicyclic) bond motifs is 4. The summed E-state index contributed by atoms with van der Waals surface area (Å²) < 4.78 is 2.38. The van der Waals surface area contributed by atoms with Crippen LogP contribution < -0.4 is 4.90 Å². The summed E-state index contributed by atoms with van der Waals surface area (Å²) in [6.45, 7) is 0. The third-order valence-electron chi connectivity index (χ3n) is 10.6. The Kier molecular flexibility index (Phi) is 7.85. The van der Waals surface area contributed by atoms with E-state index in [9.17, 15) is 0 Å². The fourth-order valence-corrected chi connectivity index (χ4v) is 8.07. The number of hydrogen-bond acceptors (Lipinski definition) is 1. The van der Waals surface area contributed by atoms with Gasteiger partial charge in [0.2, 0.25) is 0 Å². The molecule has 10 aromatic rings. The predicted octanol–water partition coefficient (Wildman–Crippen LogP) is 14.4. The SMILES string of the molecule is c1ccc(N(c2ccccc2)c2ccc(-c3cc(-c4cccc5ccccc45)ccc3-c3ccc4c(c3)c3ccccc3n4-c3ccccc3)cc2)cc1. The van der Waals surface area contributed by atoms with E-state index in [1.54, 1.807) is 0 Å². The topological polar surface area (TPSA) is 8.17 Å². The first-order chi connectivity index (χ1) is 26.8. The van der Waals surface area contributed by atoms with Crippen molar-refractivity contribution in [1.82, 2.24) is 4.57 Å². The van der Waals surface area contributed by atoms with E-state index < -0.39 is 0 Å².